The van der Waals surface area contributed by atoms with Gasteiger partial charge in [0.25, 0.3) is 0 Å². The van der Waals surface area contributed by atoms with Gasteiger partial charge in [-0.1, -0.05) is 73.5 Å². The molecular weight excluding hydrogens is 352 g/mol. The van der Waals surface area contributed by atoms with E-state index in [-0.39, 0.29) is 11.9 Å². The molecule has 0 bridgehead atoms. The van der Waals surface area contributed by atoms with Crippen LogP contribution in [0.5, 0.6) is 0 Å². The minimum Gasteiger partial charge on any atom is -0.325 e. The van der Waals surface area contributed by atoms with Gasteiger partial charge in [0.2, 0.25) is 5.91 Å². The lowest BCUT2D eigenvalue weighted by molar-refractivity contribution is -0.118. The average molecular weight is 381 g/mol. The minimum atomic E-state index is -0.248. The number of carbonyl (C=O) groups excluding carboxylic acids is 1. The van der Waals surface area contributed by atoms with Gasteiger partial charge in [0.1, 0.15) is 0 Å². The molecule has 0 aliphatic heterocycles. The maximum absolute atomic E-state index is 12.4. The van der Waals surface area contributed by atoms with Crippen LogP contribution < -0.4 is 10.6 Å². The van der Waals surface area contributed by atoms with Gasteiger partial charge in [0.15, 0.2) is 0 Å². The topological polar surface area (TPSA) is 41.1 Å². The first-order valence-electron chi connectivity index (χ1n) is 8.14. The third-order valence-electron chi connectivity index (χ3n) is 3.15. The van der Waals surface area contributed by atoms with E-state index in [0.717, 1.165) is 23.0 Å². The normalized spacial score (nSPS) is 12.0. The second kappa shape index (κ2) is 13.1. The Morgan fingerprint density at radius 2 is 2.09 bits per heavy atom. The lowest BCUT2D eigenvalue weighted by Gasteiger charge is -2.18. The molecule has 0 aliphatic carbocycles. The third kappa shape index (κ3) is 8.72. The summed E-state index contributed by atoms with van der Waals surface area (Å²) >= 11 is 3.40. The van der Waals surface area contributed by atoms with Crippen molar-refractivity contribution in [3.8, 4) is 0 Å². The molecule has 1 aromatic carbocycles. The van der Waals surface area contributed by atoms with Crippen LogP contribution in [0.1, 0.15) is 40.0 Å². The van der Waals surface area contributed by atoms with Crippen molar-refractivity contribution in [2.45, 2.75) is 46.1 Å². The van der Waals surface area contributed by atoms with Gasteiger partial charge in [0.05, 0.1) is 6.04 Å². The molecule has 1 rings (SSSR count). The minimum absolute atomic E-state index is 0.0262. The zero-order valence-electron chi connectivity index (χ0n) is 14.7. The molecule has 0 radical (unpaired) electrons. The molecule has 1 amide bonds. The zero-order chi connectivity index (χ0) is 17.7. The van der Waals surface area contributed by atoms with Crippen LogP contribution in [0.4, 0.5) is 5.69 Å². The molecule has 1 unspecified atom stereocenters. The predicted molar refractivity (Wildman–Crippen MR) is 105 cm³/mol. The standard InChI is InChI=1S/C17H23BrN2O.C2H6/c1-4-7-13(8-5-2)11-16(19-3)17(21)20-15-10-6-9-14(18)12-15;1-2/h4,6-7,9-10,12,16,19H,1,5,8,11H2,2-3H3,(H,20,21);1-2H3/b13-7+;. The summed E-state index contributed by atoms with van der Waals surface area (Å²) in [4.78, 5) is 12.4. The highest BCUT2D eigenvalue weighted by Gasteiger charge is 2.17. The molecule has 0 saturated heterocycles. The van der Waals surface area contributed by atoms with E-state index in [1.54, 1.807) is 6.08 Å². The summed E-state index contributed by atoms with van der Waals surface area (Å²) in [7, 11) is 1.81. The molecule has 1 atom stereocenters. The molecular formula is C19H29BrN2O. The number of rotatable bonds is 8. The number of hydrogen-bond donors (Lipinski definition) is 2. The van der Waals surface area contributed by atoms with E-state index < -0.39 is 0 Å². The van der Waals surface area contributed by atoms with E-state index >= 15 is 0 Å². The number of benzene rings is 1. The van der Waals surface area contributed by atoms with Crippen molar-refractivity contribution in [3.63, 3.8) is 0 Å². The van der Waals surface area contributed by atoms with Crippen LogP contribution in [-0.2, 0) is 4.79 Å². The molecule has 1 aromatic rings. The summed E-state index contributed by atoms with van der Waals surface area (Å²) in [6.07, 6.45) is 6.51. The van der Waals surface area contributed by atoms with Crippen molar-refractivity contribution in [2.75, 3.05) is 12.4 Å². The van der Waals surface area contributed by atoms with Crippen LogP contribution in [0.15, 0.2) is 53.0 Å². The number of carbonyl (C=O) groups is 1. The zero-order valence-corrected chi connectivity index (χ0v) is 16.2. The number of anilines is 1. The molecule has 2 N–H and O–H groups in total. The van der Waals surface area contributed by atoms with Crippen LogP contribution in [0.25, 0.3) is 0 Å². The number of nitrogens with one attached hydrogen (secondary N) is 2. The lowest BCUT2D eigenvalue weighted by atomic mass is 10.0. The summed E-state index contributed by atoms with van der Waals surface area (Å²) < 4.78 is 0.944. The van der Waals surface area contributed by atoms with E-state index in [4.69, 9.17) is 0 Å². The molecule has 0 heterocycles. The maximum atomic E-state index is 12.4. The number of allylic oxidation sites excluding steroid dienone is 2. The monoisotopic (exact) mass is 380 g/mol. The van der Waals surface area contributed by atoms with Crippen LogP contribution in [0.2, 0.25) is 0 Å². The van der Waals surface area contributed by atoms with Gasteiger partial charge in [0, 0.05) is 10.2 Å². The molecule has 3 nitrogen and oxygen atoms in total. The Kier molecular flexibility index (Phi) is 12.3. The van der Waals surface area contributed by atoms with Gasteiger partial charge >= 0.3 is 0 Å². The van der Waals surface area contributed by atoms with Gasteiger partial charge in [-0.15, -0.1) is 0 Å². The summed E-state index contributed by atoms with van der Waals surface area (Å²) in [5, 5.41) is 6.02. The van der Waals surface area contributed by atoms with Crippen molar-refractivity contribution in [1.29, 1.82) is 0 Å². The highest BCUT2D eigenvalue weighted by Crippen LogP contribution is 2.17. The van der Waals surface area contributed by atoms with Gasteiger partial charge in [-0.25, -0.2) is 0 Å². The van der Waals surface area contributed by atoms with Crippen molar-refractivity contribution in [1.82, 2.24) is 5.32 Å². The first kappa shape index (κ1) is 21.6. The fourth-order valence-electron chi connectivity index (χ4n) is 2.12. The van der Waals surface area contributed by atoms with E-state index in [0.29, 0.717) is 6.42 Å². The smallest absolute Gasteiger partial charge is 0.241 e. The summed E-state index contributed by atoms with van der Waals surface area (Å²) in [5.41, 5.74) is 2.02. The highest BCUT2D eigenvalue weighted by molar-refractivity contribution is 9.10. The van der Waals surface area contributed by atoms with Crippen molar-refractivity contribution >= 4 is 27.5 Å². The van der Waals surface area contributed by atoms with Crippen molar-refractivity contribution in [2.24, 2.45) is 0 Å². The number of likely N-dealkylation sites (N-methyl/N-ethyl adjacent to an activating group) is 1. The van der Waals surface area contributed by atoms with Gasteiger partial charge < -0.3 is 10.6 Å². The average Bonchev–Trinajstić information content (AvgIpc) is 2.54. The first-order valence-corrected chi connectivity index (χ1v) is 8.94. The fraction of sp³-hybridized carbons (Fsp3) is 0.421. The molecule has 0 saturated carbocycles. The number of amides is 1. The maximum Gasteiger partial charge on any atom is 0.241 e. The molecule has 0 aromatic heterocycles. The molecule has 4 heteroatoms. The van der Waals surface area contributed by atoms with E-state index in [9.17, 15) is 4.79 Å². The number of halogens is 1. The first-order chi connectivity index (χ1) is 11.1. The number of hydrogen-bond acceptors (Lipinski definition) is 2. The SMILES string of the molecule is C=C/C=C(\CCC)CC(NC)C(=O)Nc1cccc(Br)c1.CC. The van der Waals surface area contributed by atoms with E-state index in [1.165, 1.54) is 5.57 Å². The van der Waals surface area contributed by atoms with Gasteiger partial charge in [-0.3, -0.25) is 4.79 Å². The second-order valence-electron chi connectivity index (χ2n) is 4.86. The van der Waals surface area contributed by atoms with E-state index in [1.807, 2.05) is 51.2 Å². The summed E-state index contributed by atoms with van der Waals surface area (Å²) in [5.74, 6) is -0.0262. The predicted octanol–water partition coefficient (Wildman–Crippen LogP) is 5.30. The van der Waals surface area contributed by atoms with Crippen LogP contribution in [0, 0.1) is 0 Å². The van der Waals surface area contributed by atoms with Gasteiger partial charge in [-0.2, -0.15) is 0 Å². The Bertz CT molecular complexity index is 512. The lowest BCUT2D eigenvalue weighted by Crippen LogP contribution is -2.38. The molecule has 23 heavy (non-hydrogen) atoms. The fourth-order valence-corrected chi connectivity index (χ4v) is 2.52. The second-order valence-corrected chi connectivity index (χ2v) is 5.77. The molecule has 0 aliphatic rings. The van der Waals surface area contributed by atoms with Crippen LogP contribution >= 0.6 is 15.9 Å². The summed E-state index contributed by atoms with van der Waals surface area (Å²) in [6, 6.07) is 7.34. The molecule has 0 spiro atoms. The summed E-state index contributed by atoms with van der Waals surface area (Å²) in [6.45, 7) is 9.87. The highest BCUT2D eigenvalue weighted by atomic mass is 79.9. The third-order valence-corrected chi connectivity index (χ3v) is 3.64. The van der Waals surface area contributed by atoms with Crippen LogP contribution in [-0.4, -0.2) is 19.0 Å². The quantitative estimate of drug-likeness (QED) is 0.600. The molecule has 0 fully saturated rings. The van der Waals surface area contributed by atoms with Crippen molar-refractivity contribution in [3.05, 3.63) is 53.0 Å². The Balaban J connectivity index is 0.00000232. The van der Waals surface area contributed by atoms with Gasteiger partial charge in [-0.05, 0) is 38.1 Å². The largest absolute Gasteiger partial charge is 0.325 e. The Morgan fingerprint density at radius 3 is 2.61 bits per heavy atom. The molecule has 128 valence electrons. The Hall–Kier alpha value is -1.39. The van der Waals surface area contributed by atoms with E-state index in [2.05, 4.69) is 40.1 Å². The Labute approximate surface area is 149 Å². The van der Waals surface area contributed by atoms with Crippen molar-refractivity contribution < 1.29 is 4.79 Å². The Morgan fingerprint density at radius 1 is 1.39 bits per heavy atom. The van der Waals surface area contributed by atoms with Crippen LogP contribution in [0.3, 0.4) is 0 Å².